The first-order valence-electron chi connectivity index (χ1n) is 8.08. The summed E-state index contributed by atoms with van der Waals surface area (Å²) in [7, 11) is 1.64. The van der Waals surface area contributed by atoms with Crippen LogP contribution in [0, 0.1) is 0 Å². The average Bonchev–Trinajstić information content (AvgIpc) is 3.05. The molecule has 2 heterocycles. The minimum absolute atomic E-state index is 0.142. The van der Waals surface area contributed by atoms with Gasteiger partial charge in [-0.15, -0.1) is 0 Å². The number of hydrogen-bond donors (Lipinski definition) is 1. The summed E-state index contributed by atoms with van der Waals surface area (Å²) in [5.74, 6) is 0.635. The Kier molecular flexibility index (Phi) is 4.31. The predicted molar refractivity (Wildman–Crippen MR) is 108 cm³/mol. The molecule has 4 aromatic rings. The minimum Gasteiger partial charge on any atom is -0.497 e. The number of ketones is 1. The van der Waals surface area contributed by atoms with Crippen molar-refractivity contribution >= 4 is 49.6 Å². The quantitative estimate of drug-likeness (QED) is 0.365. The first-order chi connectivity index (χ1) is 12.7. The van der Waals surface area contributed by atoms with Gasteiger partial charge >= 0.3 is 0 Å². The van der Waals surface area contributed by atoms with Crippen molar-refractivity contribution in [1.82, 2.24) is 9.97 Å². The third-order valence-corrected chi connectivity index (χ3v) is 4.79. The fourth-order valence-corrected chi connectivity index (χ4v) is 3.21. The third-order valence-electron chi connectivity index (χ3n) is 4.26. The zero-order valence-corrected chi connectivity index (χ0v) is 15.6. The minimum atomic E-state index is -0.142. The molecule has 1 N–H and O–H groups in total. The van der Waals surface area contributed by atoms with Crippen LogP contribution in [0.2, 0.25) is 0 Å². The lowest BCUT2D eigenvalue weighted by Crippen LogP contribution is -1.99. The lowest BCUT2D eigenvalue weighted by molar-refractivity contribution is 0.104. The van der Waals surface area contributed by atoms with Gasteiger partial charge in [-0.1, -0.05) is 34.1 Å². The highest BCUT2D eigenvalue weighted by molar-refractivity contribution is 9.10. The molecular formula is C21H15BrN2O2. The largest absolute Gasteiger partial charge is 0.497 e. The average molecular weight is 407 g/mol. The van der Waals surface area contributed by atoms with Crippen molar-refractivity contribution < 1.29 is 9.53 Å². The second kappa shape index (κ2) is 6.77. The molecular weight excluding hydrogens is 392 g/mol. The Morgan fingerprint density at radius 1 is 1.12 bits per heavy atom. The normalized spacial score (nSPS) is 11.5. The maximum Gasteiger partial charge on any atom is 0.206 e. The van der Waals surface area contributed by atoms with Gasteiger partial charge in [0.05, 0.1) is 12.6 Å². The lowest BCUT2D eigenvalue weighted by Gasteiger charge is -1.99. The Morgan fingerprint density at radius 3 is 2.69 bits per heavy atom. The molecule has 2 aromatic heterocycles. The van der Waals surface area contributed by atoms with E-state index in [4.69, 9.17) is 4.74 Å². The summed E-state index contributed by atoms with van der Waals surface area (Å²) in [6.45, 7) is 0. The molecule has 128 valence electrons. The fourth-order valence-electron chi connectivity index (χ4n) is 2.94. The van der Waals surface area contributed by atoms with Crippen LogP contribution in [0.3, 0.4) is 0 Å². The van der Waals surface area contributed by atoms with Crippen LogP contribution in [0.15, 0.2) is 65.3 Å². The van der Waals surface area contributed by atoms with Gasteiger partial charge in [0, 0.05) is 27.0 Å². The number of nitrogens with zero attached hydrogens (tertiary/aromatic N) is 1. The van der Waals surface area contributed by atoms with E-state index in [0.29, 0.717) is 5.69 Å². The SMILES string of the molecule is COc1ccc2[nH]c3c(C(=O)/C=C/c4ccc(Br)cc4)nccc3c2c1. The number of carbonyl (C=O) groups excluding carboxylic acids is 1. The van der Waals surface area contributed by atoms with Crippen molar-refractivity contribution in [3.05, 3.63) is 76.5 Å². The number of hydrogen-bond acceptors (Lipinski definition) is 3. The zero-order chi connectivity index (χ0) is 18.1. The van der Waals surface area contributed by atoms with Crippen molar-refractivity contribution in [1.29, 1.82) is 0 Å². The maximum absolute atomic E-state index is 12.7. The molecule has 0 saturated heterocycles. The fraction of sp³-hybridized carbons (Fsp3) is 0.0476. The van der Waals surface area contributed by atoms with Gasteiger partial charge in [0.2, 0.25) is 5.78 Å². The number of ether oxygens (including phenoxy) is 1. The number of pyridine rings is 1. The van der Waals surface area contributed by atoms with Gasteiger partial charge < -0.3 is 9.72 Å². The van der Waals surface area contributed by atoms with Gasteiger partial charge in [-0.2, -0.15) is 0 Å². The van der Waals surface area contributed by atoms with Crippen molar-refractivity contribution in [2.45, 2.75) is 0 Å². The van der Waals surface area contributed by atoms with Crippen molar-refractivity contribution in [3.63, 3.8) is 0 Å². The highest BCUT2D eigenvalue weighted by Crippen LogP contribution is 2.30. The number of methoxy groups -OCH3 is 1. The molecule has 26 heavy (non-hydrogen) atoms. The summed E-state index contributed by atoms with van der Waals surface area (Å²) in [5, 5.41) is 1.96. The van der Waals surface area contributed by atoms with Crippen LogP contribution < -0.4 is 4.74 Å². The van der Waals surface area contributed by atoms with E-state index in [-0.39, 0.29) is 5.78 Å². The predicted octanol–water partition coefficient (Wildman–Crippen LogP) is 5.38. The molecule has 0 spiro atoms. The van der Waals surface area contributed by atoms with Crippen molar-refractivity contribution in [3.8, 4) is 5.75 Å². The Hall–Kier alpha value is -2.92. The van der Waals surface area contributed by atoms with Gasteiger partial charge in [-0.25, -0.2) is 0 Å². The Labute approximate surface area is 158 Å². The number of allylic oxidation sites excluding steroid dienone is 1. The molecule has 0 fully saturated rings. The summed E-state index contributed by atoms with van der Waals surface area (Å²) in [6, 6.07) is 15.5. The molecule has 5 heteroatoms. The van der Waals surface area contributed by atoms with Crippen LogP contribution in [-0.4, -0.2) is 22.9 Å². The van der Waals surface area contributed by atoms with Gasteiger partial charge in [-0.3, -0.25) is 9.78 Å². The van der Waals surface area contributed by atoms with Crippen molar-refractivity contribution in [2.75, 3.05) is 7.11 Å². The molecule has 0 atom stereocenters. The van der Waals surface area contributed by atoms with E-state index in [2.05, 4.69) is 25.9 Å². The number of carbonyl (C=O) groups is 1. The first kappa shape index (κ1) is 16.5. The number of aromatic nitrogens is 2. The third kappa shape index (κ3) is 3.02. The first-order valence-corrected chi connectivity index (χ1v) is 8.87. The Morgan fingerprint density at radius 2 is 1.92 bits per heavy atom. The van der Waals surface area contributed by atoms with Gasteiger partial charge in [0.15, 0.2) is 0 Å². The molecule has 0 unspecified atom stereocenters. The number of fused-ring (bicyclic) bond motifs is 3. The second-order valence-electron chi connectivity index (χ2n) is 5.87. The van der Waals surface area contributed by atoms with Crippen LogP contribution in [0.4, 0.5) is 0 Å². The number of benzene rings is 2. The molecule has 0 aliphatic carbocycles. The number of halogens is 1. The van der Waals surface area contributed by atoms with E-state index >= 15 is 0 Å². The monoisotopic (exact) mass is 406 g/mol. The van der Waals surface area contributed by atoms with Crippen LogP contribution in [0.1, 0.15) is 16.1 Å². The molecule has 0 aliphatic heterocycles. The van der Waals surface area contributed by atoms with E-state index in [0.717, 1.165) is 37.6 Å². The number of aromatic amines is 1. The van der Waals surface area contributed by atoms with Crippen molar-refractivity contribution in [2.24, 2.45) is 0 Å². The van der Waals surface area contributed by atoms with Gasteiger partial charge in [0.25, 0.3) is 0 Å². The van der Waals surface area contributed by atoms with Gasteiger partial charge in [0.1, 0.15) is 11.4 Å². The lowest BCUT2D eigenvalue weighted by atomic mass is 10.1. The molecule has 0 bridgehead atoms. The zero-order valence-electron chi connectivity index (χ0n) is 14.0. The van der Waals surface area contributed by atoms with Crippen LogP contribution in [0.5, 0.6) is 5.75 Å². The molecule has 0 radical (unpaired) electrons. The topological polar surface area (TPSA) is 55.0 Å². The Bertz CT molecular complexity index is 1140. The maximum atomic E-state index is 12.7. The molecule has 0 amide bonds. The molecule has 4 nitrogen and oxygen atoms in total. The van der Waals surface area contributed by atoms with E-state index in [1.54, 1.807) is 25.5 Å². The highest BCUT2D eigenvalue weighted by atomic mass is 79.9. The summed E-state index contributed by atoms with van der Waals surface area (Å²) >= 11 is 3.40. The van der Waals surface area contributed by atoms with Crippen LogP contribution in [-0.2, 0) is 0 Å². The van der Waals surface area contributed by atoms with E-state index in [1.165, 1.54) is 0 Å². The Balaban J connectivity index is 1.76. The second-order valence-corrected chi connectivity index (χ2v) is 6.78. The molecule has 0 saturated carbocycles. The molecule has 2 aromatic carbocycles. The summed E-state index contributed by atoms with van der Waals surface area (Å²) in [6.07, 6.45) is 5.01. The van der Waals surface area contributed by atoms with Gasteiger partial charge in [-0.05, 0) is 48.0 Å². The van der Waals surface area contributed by atoms with Crippen LogP contribution in [0.25, 0.3) is 27.9 Å². The van der Waals surface area contributed by atoms with Crippen LogP contribution >= 0.6 is 15.9 Å². The summed E-state index contributed by atoms with van der Waals surface area (Å²) in [5.41, 5.74) is 3.04. The molecule has 0 aliphatic rings. The van der Waals surface area contributed by atoms with E-state index in [9.17, 15) is 4.79 Å². The number of rotatable bonds is 4. The van der Waals surface area contributed by atoms with E-state index < -0.39 is 0 Å². The smallest absolute Gasteiger partial charge is 0.206 e. The van der Waals surface area contributed by atoms with E-state index in [1.807, 2.05) is 48.5 Å². The summed E-state index contributed by atoms with van der Waals surface area (Å²) < 4.78 is 6.30. The highest BCUT2D eigenvalue weighted by Gasteiger charge is 2.14. The number of H-pyrrole nitrogens is 1. The summed E-state index contributed by atoms with van der Waals surface area (Å²) in [4.78, 5) is 20.3. The number of nitrogens with one attached hydrogen (secondary N) is 1. The molecule has 4 rings (SSSR count). The standard InChI is InChI=1S/C21H15BrN2O2/c1-26-15-7-8-18-17(12-15)16-10-11-23-21(20(16)24-18)19(25)9-4-13-2-5-14(22)6-3-13/h2-12,24H,1H3/b9-4+.